The standard InChI is InChI=1S/C16H16BrClFNO/c1-10(20)6-11-2-5-16(15(19)7-11)21-9-12-3-4-13(17)8-14(12)18/h2-5,7-8,10H,6,9,20H2,1H3. The maximum absolute atomic E-state index is 14.0. The predicted octanol–water partition coefficient (Wildman–Crippen LogP) is 4.71. The van der Waals surface area contributed by atoms with Gasteiger partial charge in [-0.2, -0.15) is 0 Å². The molecule has 2 N–H and O–H groups in total. The summed E-state index contributed by atoms with van der Waals surface area (Å²) in [5, 5.41) is 0.582. The van der Waals surface area contributed by atoms with Gasteiger partial charge in [0.15, 0.2) is 11.6 Å². The van der Waals surface area contributed by atoms with Gasteiger partial charge in [-0.25, -0.2) is 4.39 Å². The van der Waals surface area contributed by atoms with Gasteiger partial charge in [-0.15, -0.1) is 0 Å². The molecule has 0 heterocycles. The van der Waals surface area contributed by atoms with Gasteiger partial charge in [0.05, 0.1) is 0 Å². The third-order valence-electron chi connectivity index (χ3n) is 2.95. The molecule has 5 heteroatoms. The molecule has 2 nitrogen and oxygen atoms in total. The van der Waals surface area contributed by atoms with Crippen LogP contribution in [0.4, 0.5) is 4.39 Å². The van der Waals surface area contributed by atoms with Crippen molar-refractivity contribution in [1.29, 1.82) is 0 Å². The molecule has 1 unspecified atom stereocenters. The van der Waals surface area contributed by atoms with Crippen LogP contribution in [0.2, 0.25) is 5.02 Å². The predicted molar refractivity (Wildman–Crippen MR) is 87.2 cm³/mol. The number of hydrogen-bond donors (Lipinski definition) is 1. The Bertz CT molecular complexity index is 634. The van der Waals surface area contributed by atoms with E-state index >= 15 is 0 Å². The molecule has 0 saturated carbocycles. The number of ether oxygens (including phenoxy) is 1. The number of benzene rings is 2. The van der Waals surface area contributed by atoms with Gasteiger partial charge in [-0.1, -0.05) is 39.7 Å². The Morgan fingerprint density at radius 2 is 2.05 bits per heavy atom. The summed E-state index contributed by atoms with van der Waals surface area (Å²) < 4.78 is 20.4. The van der Waals surface area contributed by atoms with Gasteiger partial charge in [0.25, 0.3) is 0 Å². The van der Waals surface area contributed by atoms with E-state index in [0.29, 0.717) is 11.4 Å². The molecule has 0 bridgehead atoms. The van der Waals surface area contributed by atoms with Crippen LogP contribution in [0.3, 0.4) is 0 Å². The summed E-state index contributed by atoms with van der Waals surface area (Å²) in [6, 6.07) is 10.4. The van der Waals surface area contributed by atoms with Gasteiger partial charge >= 0.3 is 0 Å². The van der Waals surface area contributed by atoms with Crippen LogP contribution in [0.25, 0.3) is 0 Å². The first kappa shape index (κ1) is 16.3. The van der Waals surface area contributed by atoms with Crippen LogP contribution in [-0.4, -0.2) is 6.04 Å². The fraction of sp³-hybridized carbons (Fsp3) is 0.250. The van der Waals surface area contributed by atoms with Crippen LogP contribution < -0.4 is 10.5 Å². The van der Waals surface area contributed by atoms with Gasteiger partial charge in [0.1, 0.15) is 6.61 Å². The zero-order valence-electron chi connectivity index (χ0n) is 11.6. The van der Waals surface area contributed by atoms with E-state index in [1.807, 2.05) is 25.1 Å². The Labute approximate surface area is 137 Å². The number of rotatable bonds is 5. The molecule has 0 aliphatic heterocycles. The lowest BCUT2D eigenvalue weighted by molar-refractivity contribution is 0.290. The van der Waals surface area contributed by atoms with Gasteiger partial charge < -0.3 is 10.5 Å². The molecule has 0 fully saturated rings. The molecule has 2 aromatic rings. The molecule has 2 aromatic carbocycles. The van der Waals surface area contributed by atoms with Crippen LogP contribution in [-0.2, 0) is 13.0 Å². The van der Waals surface area contributed by atoms with E-state index in [1.165, 1.54) is 6.07 Å². The highest BCUT2D eigenvalue weighted by molar-refractivity contribution is 9.10. The third kappa shape index (κ3) is 4.70. The number of halogens is 3. The first-order valence-corrected chi connectivity index (χ1v) is 7.73. The molecular weight excluding hydrogens is 357 g/mol. The van der Waals surface area contributed by atoms with Crippen molar-refractivity contribution in [3.63, 3.8) is 0 Å². The molecular formula is C16H16BrClFNO. The van der Waals surface area contributed by atoms with E-state index in [0.717, 1.165) is 15.6 Å². The van der Waals surface area contributed by atoms with Gasteiger partial charge in [0, 0.05) is 21.1 Å². The maximum Gasteiger partial charge on any atom is 0.165 e. The molecule has 0 radical (unpaired) electrons. The number of nitrogens with two attached hydrogens (primary N) is 1. The Kier molecular flexibility index (Phi) is 5.62. The average molecular weight is 373 g/mol. The highest BCUT2D eigenvalue weighted by atomic mass is 79.9. The Morgan fingerprint density at radius 1 is 1.29 bits per heavy atom. The van der Waals surface area contributed by atoms with Gasteiger partial charge in [-0.05, 0) is 43.2 Å². The lowest BCUT2D eigenvalue weighted by Gasteiger charge is -2.11. The lowest BCUT2D eigenvalue weighted by Crippen LogP contribution is -2.17. The highest BCUT2D eigenvalue weighted by Crippen LogP contribution is 2.24. The average Bonchev–Trinajstić information content (AvgIpc) is 2.39. The summed E-state index contributed by atoms with van der Waals surface area (Å²) in [5.74, 6) is -0.177. The van der Waals surface area contributed by atoms with E-state index in [-0.39, 0.29) is 24.2 Å². The number of hydrogen-bond acceptors (Lipinski definition) is 2. The molecule has 0 spiro atoms. The molecule has 112 valence electrons. The Morgan fingerprint density at radius 3 is 2.67 bits per heavy atom. The molecule has 0 saturated heterocycles. The smallest absolute Gasteiger partial charge is 0.165 e. The summed E-state index contributed by atoms with van der Waals surface area (Å²) in [4.78, 5) is 0. The van der Waals surface area contributed by atoms with E-state index in [9.17, 15) is 4.39 Å². The van der Waals surface area contributed by atoms with Crippen LogP contribution in [0.5, 0.6) is 5.75 Å². The summed E-state index contributed by atoms with van der Waals surface area (Å²) in [6.45, 7) is 2.10. The first-order chi connectivity index (χ1) is 9.95. The molecule has 2 rings (SSSR count). The van der Waals surface area contributed by atoms with Crippen molar-refractivity contribution in [1.82, 2.24) is 0 Å². The molecule has 0 amide bonds. The normalized spacial score (nSPS) is 12.2. The second-order valence-electron chi connectivity index (χ2n) is 4.97. The van der Waals surface area contributed by atoms with Crippen molar-refractivity contribution >= 4 is 27.5 Å². The highest BCUT2D eigenvalue weighted by Gasteiger charge is 2.08. The topological polar surface area (TPSA) is 35.2 Å². The van der Waals surface area contributed by atoms with Crippen molar-refractivity contribution in [2.24, 2.45) is 5.73 Å². The monoisotopic (exact) mass is 371 g/mol. The Balaban J connectivity index is 2.06. The van der Waals surface area contributed by atoms with Gasteiger partial charge in [0.2, 0.25) is 0 Å². The molecule has 21 heavy (non-hydrogen) atoms. The van der Waals surface area contributed by atoms with Crippen molar-refractivity contribution in [2.75, 3.05) is 0 Å². The second-order valence-corrected chi connectivity index (χ2v) is 6.29. The largest absolute Gasteiger partial charge is 0.486 e. The fourth-order valence-electron chi connectivity index (χ4n) is 1.95. The summed E-state index contributed by atoms with van der Waals surface area (Å²) in [7, 11) is 0. The maximum atomic E-state index is 14.0. The quantitative estimate of drug-likeness (QED) is 0.825. The van der Waals surface area contributed by atoms with Crippen LogP contribution in [0, 0.1) is 5.82 Å². The van der Waals surface area contributed by atoms with Crippen LogP contribution >= 0.6 is 27.5 Å². The lowest BCUT2D eigenvalue weighted by atomic mass is 10.1. The van der Waals surface area contributed by atoms with E-state index < -0.39 is 0 Å². The van der Waals surface area contributed by atoms with Crippen LogP contribution in [0.1, 0.15) is 18.1 Å². The van der Waals surface area contributed by atoms with E-state index in [4.69, 9.17) is 22.1 Å². The van der Waals surface area contributed by atoms with Crippen molar-refractivity contribution in [3.05, 3.63) is 62.8 Å². The molecule has 0 aliphatic carbocycles. The third-order valence-corrected chi connectivity index (χ3v) is 3.80. The van der Waals surface area contributed by atoms with E-state index in [1.54, 1.807) is 12.1 Å². The van der Waals surface area contributed by atoms with Crippen molar-refractivity contribution < 1.29 is 9.13 Å². The SMILES string of the molecule is CC(N)Cc1ccc(OCc2ccc(Br)cc2Cl)c(F)c1. The minimum Gasteiger partial charge on any atom is -0.486 e. The molecule has 0 aromatic heterocycles. The summed E-state index contributed by atoms with van der Waals surface area (Å²) in [5.41, 5.74) is 7.37. The minimum atomic E-state index is -0.388. The van der Waals surface area contributed by atoms with Crippen molar-refractivity contribution in [3.8, 4) is 5.75 Å². The second kappa shape index (κ2) is 7.25. The summed E-state index contributed by atoms with van der Waals surface area (Å²) in [6.07, 6.45) is 0.635. The fourth-order valence-corrected chi connectivity index (χ4v) is 2.68. The first-order valence-electron chi connectivity index (χ1n) is 6.56. The minimum absolute atomic E-state index is 0.00209. The zero-order chi connectivity index (χ0) is 15.4. The molecule has 1 atom stereocenters. The van der Waals surface area contributed by atoms with Gasteiger partial charge in [-0.3, -0.25) is 0 Å². The molecule has 0 aliphatic rings. The zero-order valence-corrected chi connectivity index (χ0v) is 13.9. The van der Waals surface area contributed by atoms with Crippen LogP contribution in [0.15, 0.2) is 40.9 Å². The summed E-state index contributed by atoms with van der Waals surface area (Å²) >= 11 is 9.44. The van der Waals surface area contributed by atoms with Crippen molar-refractivity contribution in [2.45, 2.75) is 26.0 Å². The Hall–Kier alpha value is -1.10. The van der Waals surface area contributed by atoms with E-state index in [2.05, 4.69) is 15.9 Å².